The zero-order valence-electron chi connectivity index (χ0n) is 19.8. The van der Waals surface area contributed by atoms with Gasteiger partial charge in [0.1, 0.15) is 12.4 Å². The Kier molecular flexibility index (Phi) is 7.14. The fraction of sp³-hybridized carbons (Fsp3) is 0.0667. The summed E-state index contributed by atoms with van der Waals surface area (Å²) >= 11 is 3.51. The molecule has 184 valence electrons. The number of aliphatic imine (C=N–C) groups is 1. The summed E-state index contributed by atoms with van der Waals surface area (Å²) in [6.07, 6.45) is 1.62. The molecule has 0 N–H and O–H groups in total. The molecule has 0 unspecified atom stereocenters. The normalized spacial score (nSPS) is 13.9. The molecule has 1 aliphatic heterocycles. The van der Waals surface area contributed by atoms with Crippen LogP contribution in [0.1, 0.15) is 16.7 Å². The third-order valence-corrected chi connectivity index (χ3v) is 6.28. The van der Waals surface area contributed by atoms with E-state index in [-0.39, 0.29) is 24.0 Å². The zero-order valence-corrected chi connectivity index (χ0v) is 21.4. The molecule has 0 amide bonds. The molecule has 0 saturated heterocycles. The number of esters is 1. The molecule has 37 heavy (non-hydrogen) atoms. The first-order valence-electron chi connectivity index (χ1n) is 11.4. The van der Waals surface area contributed by atoms with Crippen molar-refractivity contribution in [3.63, 3.8) is 0 Å². The largest absolute Gasteiger partial charge is 0.493 e. The van der Waals surface area contributed by atoms with Crippen LogP contribution in [0.15, 0.2) is 106 Å². The van der Waals surface area contributed by atoms with E-state index in [4.69, 9.17) is 14.2 Å². The lowest BCUT2D eigenvalue weighted by atomic mass is 10.0. The standard InChI is InChI=1S/C30H21BrFNO4/c1-35-27-17-20(15-25(31)28(27)36-18-19-6-5-9-24(32)14-19)16-26-30(34)37-29(33-26)23-12-10-22(11-13-23)21-7-3-2-4-8-21/h2-17H,18H2,1H3/b26-16-. The molecule has 5 rings (SSSR count). The van der Waals surface area contributed by atoms with Gasteiger partial charge in [-0.1, -0.05) is 54.6 Å². The average Bonchev–Trinajstić information content (AvgIpc) is 3.28. The van der Waals surface area contributed by atoms with Crippen molar-refractivity contribution in [1.29, 1.82) is 0 Å². The fourth-order valence-corrected chi connectivity index (χ4v) is 4.45. The van der Waals surface area contributed by atoms with Crippen molar-refractivity contribution >= 4 is 33.9 Å². The van der Waals surface area contributed by atoms with Crippen LogP contribution < -0.4 is 9.47 Å². The molecule has 4 aromatic carbocycles. The molecule has 1 heterocycles. The smallest absolute Gasteiger partial charge is 0.363 e. The summed E-state index contributed by atoms with van der Waals surface area (Å²) in [6, 6.07) is 27.4. The first-order chi connectivity index (χ1) is 18.0. The fourth-order valence-electron chi connectivity index (χ4n) is 3.87. The van der Waals surface area contributed by atoms with E-state index in [0.29, 0.717) is 32.7 Å². The number of carbonyl (C=O) groups is 1. The van der Waals surface area contributed by atoms with Crippen LogP contribution >= 0.6 is 15.9 Å². The van der Waals surface area contributed by atoms with E-state index in [2.05, 4.69) is 20.9 Å². The number of ether oxygens (including phenoxy) is 3. The van der Waals surface area contributed by atoms with E-state index in [0.717, 1.165) is 11.1 Å². The minimum absolute atomic E-state index is 0.163. The quantitative estimate of drug-likeness (QED) is 0.178. The minimum atomic E-state index is -0.538. The van der Waals surface area contributed by atoms with Crippen LogP contribution in [0.2, 0.25) is 0 Å². The van der Waals surface area contributed by atoms with Gasteiger partial charge in [0.2, 0.25) is 5.90 Å². The van der Waals surface area contributed by atoms with Crippen molar-refractivity contribution in [2.24, 2.45) is 4.99 Å². The second-order valence-electron chi connectivity index (χ2n) is 8.23. The second-order valence-corrected chi connectivity index (χ2v) is 9.09. The number of cyclic esters (lactones) is 1. The third-order valence-electron chi connectivity index (χ3n) is 5.69. The molecular weight excluding hydrogens is 537 g/mol. The van der Waals surface area contributed by atoms with Crippen molar-refractivity contribution in [2.45, 2.75) is 6.61 Å². The first kappa shape index (κ1) is 24.5. The lowest BCUT2D eigenvalue weighted by molar-refractivity contribution is -0.129. The van der Waals surface area contributed by atoms with Gasteiger partial charge >= 0.3 is 5.97 Å². The number of benzene rings is 4. The van der Waals surface area contributed by atoms with Gasteiger partial charge in [-0.25, -0.2) is 14.2 Å². The van der Waals surface area contributed by atoms with Crippen molar-refractivity contribution in [2.75, 3.05) is 7.11 Å². The summed E-state index contributed by atoms with van der Waals surface area (Å²) in [6.45, 7) is 0.163. The number of rotatable bonds is 7. The van der Waals surface area contributed by atoms with E-state index in [9.17, 15) is 9.18 Å². The molecule has 0 fully saturated rings. The first-order valence-corrected chi connectivity index (χ1v) is 12.2. The highest BCUT2D eigenvalue weighted by molar-refractivity contribution is 9.10. The van der Waals surface area contributed by atoms with Crippen LogP contribution in [-0.2, 0) is 16.1 Å². The van der Waals surface area contributed by atoms with Crippen molar-refractivity contribution in [1.82, 2.24) is 0 Å². The number of hydrogen-bond acceptors (Lipinski definition) is 5. The number of nitrogens with zero attached hydrogens (tertiary/aromatic N) is 1. The number of methoxy groups -OCH3 is 1. The van der Waals surface area contributed by atoms with Crippen molar-refractivity contribution in [3.05, 3.63) is 124 Å². The van der Waals surface area contributed by atoms with Gasteiger partial charge in [-0.2, -0.15) is 0 Å². The van der Waals surface area contributed by atoms with Gasteiger partial charge in [0, 0.05) is 5.56 Å². The summed E-state index contributed by atoms with van der Waals surface area (Å²) < 4.78 is 30.9. The Labute approximate surface area is 222 Å². The van der Waals surface area contributed by atoms with Gasteiger partial charge in [-0.05, 0) is 80.7 Å². The maximum Gasteiger partial charge on any atom is 0.363 e. The highest BCUT2D eigenvalue weighted by Gasteiger charge is 2.24. The van der Waals surface area contributed by atoms with Crippen LogP contribution in [0.4, 0.5) is 4.39 Å². The highest BCUT2D eigenvalue weighted by atomic mass is 79.9. The summed E-state index contributed by atoms with van der Waals surface area (Å²) in [5, 5.41) is 0. The van der Waals surface area contributed by atoms with E-state index in [1.807, 2.05) is 54.6 Å². The SMILES string of the molecule is COc1cc(/C=C2\N=C(c3ccc(-c4ccccc4)cc3)OC2=O)cc(Br)c1OCc1cccc(F)c1. The maximum absolute atomic E-state index is 13.5. The zero-order chi connectivity index (χ0) is 25.8. The molecule has 1 aliphatic rings. The molecular formula is C30H21BrFNO4. The van der Waals surface area contributed by atoms with E-state index in [1.165, 1.54) is 19.2 Å². The lowest BCUT2D eigenvalue weighted by Gasteiger charge is -2.13. The van der Waals surface area contributed by atoms with Crippen LogP contribution in [-0.4, -0.2) is 19.0 Å². The molecule has 0 aromatic heterocycles. The molecule has 0 saturated carbocycles. The maximum atomic E-state index is 13.5. The number of halogens is 2. The van der Waals surface area contributed by atoms with Gasteiger partial charge < -0.3 is 14.2 Å². The Morgan fingerprint density at radius 1 is 0.919 bits per heavy atom. The Bertz CT molecular complexity index is 1510. The molecule has 0 atom stereocenters. The van der Waals surface area contributed by atoms with Crippen LogP contribution in [0.5, 0.6) is 11.5 Å². The monoisotopic (exact) mass is 557 g/mol. The van der Waals surface area contributed by atoms with E-state index < -0.39 is 5.97 Å². The molecule has 5 nitrogen and oxygen atoms in total. The van der Waals surface area contributed by atoms with Gasteiger partial charge in [0.15, 0.2) is 17.2 Å². The van der Waals surface area contributed by atoms with E-state index in [1.54, 1.807) is 30.3 Å². The third kappa shape index (κ3) is 5.62. The van der Waals surface area contributed by atoms with Crippen molar-refractivity contribution in [3.8, 4) is 22.6 Å². The average molecular weight is 558 g/mol. The van der Waals surface area contributed by atoms with Gasteiger partial charge in [-0.15, -0.1) is 0 Å². The highest BCUT2D eigenvalue weighted by Crippen LogP contribution is 2.38. The molecule has 0 bridgehead atoms. The van der Waals surface area contributed by atoms with Crippen LogP contribution in [0, 0.1) is 5.82 Å². The van der Waals surface area contributed by atoms with Gasteiger partial charge in [0.25, 0.3) is 0 Å². The molecule has 4 aromatic rings. The Hall–Kier alpha value is -4.23. The Morgan fingerprint density at radius 3 is 2.38 bits per heavy atom. The van der Waals surface area contributed by atoms with Gasteiger partial charge in [0.05, 0.1) is 11.6 Å². The summed E-state index contributed by atoms with van der Waals surface area (Å²) in [4.78, 5) is 17.0. The lowest BCUT2D eigenvalue weighted by Crippen LogP contribution is -2.05. The predicted molar refractivity (Wildman–Crippen MR) is 144 cm³/mol. The molecule has 0 radical (unpaired) electrons. The predicted octanol–water partition coefficient (Wildman–Crippen LogP) is 7.19. The topological polar surface area (TPSA) is 57.1 Å². The van der Waals surface area contributed by atoms with Crippen LogP contribution in [0.3, 0.4) is 0 Å². The van der Waals surface area contributed by atoms with Crippen LogP contribution in [0.25, 0.3) is 17.2 Å². The Balaban J connectivity index is 1.36. The molecule has 0 spiro atoms. The molecule has 7 heteroatoms. The summed E-state index contributed by atoms with van der Waals surface area (Å²) in [7, 11) is 1.52. The molecule has 0 aliphatic carbocycles. The summed E-state index contributed by atoms with van der Waals surface area (Å²) in [5.41, 5.74) is 4.39. The minimum Gasteiger partial charge on any atom is -0.493 e. The van der Waals surface area contributed by atoms with E-state index >= 15 is 0 Å². The Morgan fingerprint density at radius 2 is 1.65 bits per heavy atom. The van der Waals surface area contributed by atoms with Gasteiger partial charge in [-0.3, -0.25) is 0 Å². The number of hydrogen-bond donors (Lipinski definition) is 0. The summed E-state index contributed by atoms with van der Waals surface area (Å²) in [5.74, 6) is 0.292. The number of carbonyl (C=O) groups excluding carboxylic acids is 1. The second kappa shape index (κ2) is 10.8. The van der Waals surface area contributed by atoms with Crippen molar-refractivity contribution < 1.29 is 23.4 Å².